The van der Waals surface area contributed by atoms with E-state index in [2.05, 4.69) is 0 Å². The van der Waals surface area contributed by atoms with Crippen LogP contribution < -0.4 is 0 Å². The maximum absolute atomic E-state index is 10.8. The smallest absolute Gasteiger partial charge is 0.183 e. The van der Waals surface area contributed by atoms with Crippen molar-refractivity contribution in [3.05, 3.63) is 11.6 Å². The minimum absolute atomic E-state index is 0.0975. The van der Waals surface area contributed by atoms with Gasteiger partial charge in [-0.25, -0.2) is 0 Å². The van der Waals surface area contributed by atoms with Crippen LogP contribution in [0.3, 0.4) is 0 Å². The molecule has 1 N–H and O–H groups in total. The van der Waals surface area contributed by atoms with E-state index in [0.717, 1.165) is 24.8 Å². The Morgan fingerprint density at radius 2 is 2.40 bits per heavy atom. The van der Waals surface area contributed by atoms with Gasteiger partial charge in [-0.3, -0.25) is 4.79 Å². The fourth-order valence-corrected chi connectivity index (χ4v) is 1.19. The van der Waals surface area contributed by atoms with Crippen LogP contribution in [0.5, 0.6) is 0 Å². The van der Waals surface area contributed by atoms with Gasteiger partial charge in [0.15, 0.2) is 5.78 Å². The fraction of sp³-hybridized carbons (Fsp3) is 0.625. The molecule has 2 nitrogen and oxygen atoms in total. The SMILES string of the molecule is O=C(CO)C1=CCCCC1. The lowest BCUT2D eigenvalue weighted by Crippen LogP contribution is -2.09. The summed E-state index contributed by atoms with van der Waals surface area (Å²) in [6.07, 6.45) is 6.09. The van der Waals surface area contributed by atoms with E-state index in [1.807, 2.05) is 6.08 Å². The number of hydrogen-bond donors (Lipinski definition) is 1. The molecule has 0 aliphatic heterocycles. The maximum Gasteiger partial charge on any atom is 0.183 e. The normalized spacial score (nSPS) is 18.3. The third-order valence-corrected chi connectivity index (χ3v) is 1.79. The molecule has 0 saturated carbocycles. The van der Waals surface area contributed by atoms with Crippen molar-refractivity contribution < 1.29 is 9.90 Å². The highest BCUT2D eigenvalue weighted by Gasteiger charge is 2.09. The summed E-state index contributed by atoms with van der Waals surface area (Å²) in [5.74, 6) is -0.0975. The van der Waals surface area contributed by atoms with Crippen molar-refractivity contribution in [3.8, 4) is 0 Å². The molecule has 0 amide bonds. The maximum atomic E-state index is 10.8. The summed E-state index contributed by atoms with van der Waals surface area (Å²) in [4.78, 5) is 10.8. The molecule has 0 radical (unpaired) electrons. The molecule has 10 heavy (non-hydrogen) atoms. The lowest BCUT2D eigenvalue weighted by atomic mass is 9.97. The van der Waals surface area contributed by atoms with Crippen LogP contribution >= 0.6 is 0 Å². The fourth-order valence-electron chi connectivity index (χ4n) is 1.19. The quantitative estimate of drug-likeness (QED) is 0.622. The van der Waals surface area contributed by atoms with Crippen LogP contribution in [0.1, 0.15) is 25.7 Å². The zero-order valence-corrected chi connectivity index (χ0v) is 5.97. The van der Waals surface area contributed by atoms with Gasteiger partial charge in [-0.1, -0.05) is 6.08 Å². The van der Waals surface area contributed by atoms with Gasteiger partial charge < -0.3 is 5.11 Å². The highest BCUT2D eigenvalue weighted by atomic mass is 16.3. The Bertz CT molecular complexity index is 159. The van der Waals surface area contributed by atoms with Crippen LogP contribution in [0, 0.1) is 0 Å². The summed E-state index contributed by atoms with van der Waals surface area (Å²) in [5.41, 5.74) is 0.828. The number of hydrogen-bond acceptors (Lipinski definition) is 2. The molecule has 0 saturated heterocycles. The van der Waals surface area contributed by atoms with E-state index in [0.29, 0.717) is 0 Å². The molecule has 56 valence electrons. The highest BCUT2D eigenvalue weighted by Crippen LogP contribution is 2.17. The Morgan fingerprint density at radius 3 is 2.90 bits per heavy atom. The van der Waals surface area contributed by atoms with E-state index < -0.39 is 0 Å². The first-order valence-corrected chi connectivity index (χ1v) is 3.67. The zero-order valence-electron chi connectivity index (χ0n) is 5.97. The van der Waals surface area contributed by atoms with Gasteiger partial charge in [0.2, 0.25) is 0 Å². The van der Waals surface area contributed by atoms with E-state index in [4.69, 9.17) is 5.11 Å². The Kier molecular flexibility index (Phi) is 2.63. The van der Waals surface area contributed by atoms with E-state index in [-0.39, 0.29) is 12.4 Å². The molecule has 1 aliphatic rings. The van der Waals surface area contributed by atoms with Crippen molar-refractivity contribution in [2.24, 2.45) is 0 Å². The van der Waals surface area contributed by atoms with Gasteiger partial charge in [-0.05, 0) is 31.3 Å². The number of carbonyl (C=O) groups is 1. The number of rotatable bonds is 2. The van der Waals surface area contributed by atoms with Crippen LogP contribution in [-0.2, 0) is 4.79 Å². The molecule has 1 rings (SSSR count). The predicted molar refractivity (Wildman–Crippen MR) is 38.6 cm³/mol. The number of aliphatic hydroxyl groups excluding tert-OH is 1. The van der Waals surface area contributed by atoms with Gasteiger partial charge in [-0.15, -0.1) is 0 Å². The molecule has 0 aromatic heterocycles. The molecular formula is C8H12O2. The van der Waals surface area contributed by atoms with Crippen LogP contribution in [0.15, 0.2) is 11.6 Å². The summed E-state index contributed by atoms with van der Waals surface area (Å²) in [6, 6.07) is 0. The van der Waals surface area contributed by atoms with Crippen LogP contribution in [0.4, 0.5) is 0 Å². The summed E-state index contributed by atoms with van der Waals surface area (Å²) in [5, 5.41) is 8.50. The van der Waals surface area contributed by atoms with Gasteiger partial charge >= 0.3 is 0 Å². The summed E-state index contributed by atoms with van der Waals surface area (Å²) >= 11 is 0. The first-order valence-electron chi connectivity index (χ1n) is 3.67. The molecule has 0 unspecified atom stereocenters. The predicted octanol–water partition coefficient (Wildman–Crippen LogP) is 1.05. The van der Waals surface area contributed by atoms with Gasteiger partial charge in [0, 0.05) is 0 Å². The van der Waals surface area contributed by atoms with Crippen molar-refractivity contribution in [2.45, 2.75) is 25.7 Å². The summed E-state index contributed by atoms with van der Waals surface area (Å²) in [7, 11) is 0. The molecule has 0 bridgehead atoms. The van der Waals surface area contributed by atoms with E-state index in [1.165, 1.54) is 6.42 Å². The highest BCUT2D eigenvalue weighted by molar-refractivity contribution is 5.96. The summed E-state index contributed by atoms with van der Waals surface area (Å²) in [6.45, 7) is -0.328. The average Bonchev–Trinajstić information content (AvgIpc) is 2.05. The van der Waals surface area contributed by atoms with Gasteiger partial charge in [0.25, 0.3) is 0 Å². The number of allylic oxidation sites excluding steroid dienone is 1. The van der Waals surface area contributed by atoms with Crippen LogP contribution in [-0.4, -0.2) is 17.5 Å². The van der Waals surface area contributed by atoms with E-state index >= 15 is 0 Å². The average molecular weight is 140 g/mol. The van der Waals surface area contributed by atoms with Crippen molar-refractivity contribution in [2.75, 3.05) is 6.61 Å². The monoisotopic (exact) mass is 140 g/mol. The van der Waals surface area contributed by atoms with Gasteiger partial charge in [-0.2, -0.15) is 0 Å². The third kappa shape index (κ3) is 1.67. The Labute approximate surface area is 60.6 Å². The number of ketones is 1. The molecule has 0 fully saturated rings. The summed E-state index contributed by atoms with van der Waals surface area (Å²) < 4.78 is 0. The topological polar surface area (TPSA) is 37.3 Å². The van der Waals surface area contributed by atoms with Gasteiger partial charge in [0.1, 0.15) is 6.61 Å². The molecule has 0 aromatic carbocycles. The van der Waals surface area contributed by atoms with Crippen molar-refractivity contribution in [1.82, 2.24) is 0 Å². The van der Waals surface area contributed by atoms with Crippen molar-refractivity contribution in [3.63, 3.8) is 0 Å². The van der Waals surface area contributed by atoms with E-state index in [1.54, 1.807) is 0 Å². The molecule has 0 atom stereocenters. The standard InChI is InChI=1S/C8H12O2/c9-6-8(10)7-4-2-1-3-5-7/h4,9H,1-3,5-6H2. The van der Waals surface area contributed by atoms with Crippen LogP contribution in [0.25, 0.3) is 0 Å². The molecule has 0 heterocycles. The Hall–Kier alpha value is -0.630. The Balaban J connectivity index is 2.53. The number of Topliss-reactive ketones (excluding diaryl/α,β-unsaturated/α-hetero) is 1. The molecule has 0 spiro atoms. The molecule has 0 aromatic rings. The second kappa shape index (κ2) is 3.52. The van der Waals surface area contributed by atoms with Gasteiger partial charge in [0.05, 0.1) is 0 Å². The minimum atomic E-state index is -0.328. The lowest BCUT2D eigenvalue weighted by Gasteiger charge is -2.09. The second-order valence-electron chi connectivity index (χ2n) is 2.56. The molecule has 1 aliphatic carbocycles. The van der Waals surface area contributed by atoms with Crippen LogP contribution in [0.2, 0.25) is 0 Å². The van der Waals surface area contributed by atoms with Crippen molar-refractivity contribution >= 4 is 5.78 Å². The molecule has 2 heteroatoms. The third-order valence-electron chi connectivity index (χ3n) is 1.79. The van der Waals surface area contributed by atoms with Crippen molar-refractivity contribution in [1.29, 1.82) is 0 Å². The first kappa shape index (κ1) is 7.48. The zero-order chi connectivity index (χ0) is 7.40. The largest absolute Gasteiger partial charge is 0.388 e. The number of carbonyl (C=O) groups excluding carboxylic acids is 1. The van der Waals surface area contributed by atoms with E-state index in [9.17, 15) is 4.79 Å². The minimum Gasteiger partial charge on any atom is -0.388 e. The Morgan fingerprint density at radius 1 is 1.60 bits per heavy atom. The lowest BCUT2D eigenvalue weighted by molar-refractivity contribution is -0.118. The number of aliphatic hydroxyl groups is 1. The molecular weight excluding hydrogens is 128 g/mol. The first-order chi connectivity index (χ1) is 4.84. The second-order valence-corrected chi connectivity index (χ2v) is 2.56.